The SMILES string of the molecule is CCCCCN(Cc1ccc([N+](=O)[O-])cc1)C(C)=O. The summed E-state index contributed by atoms with van der Waals surface area (Å²) in [6.07, 6.45) is 3.20. The van der Waals surface area contributed by atoms with Crippen LogP contribution in [0.4, 0.5) is 5.69 Å². The van der Waals surface area contributed by atoms with Crippen LogP contribution in [0.1, 0.15) is 38.7 Å². The molecule has 5 heteroatoms. The number of non-ortho nitro benzene ring substituents is 1. The van der Waals surface area contributed by atoms with E-state index in [1.54, 1.807) is 24.0 Å². The molecule has 1 aromatic carbocycles. The molecule has 0 heterocycles. The fourth-order valence-corrected chi connectivity index (χ4v) is 1.84. The van der Waals surface area contributed by atoms with Gasteiger partial charge in [-0.2, -0.15) is 0 Å². The van der Waals surface area contributed by atoms with Gasteiger partial charge in [-0.05, 0) is 12.0 Å². The van der Waals surface area contributed by atoms with Crippen LogP contribution in [0.15, 0.2) is 24.3 Å². The van der Waals surface area contributed by atoms with Crippen LogP contribution < -0.4 is 0 Å². The van der Waals surface area contributed by atoms with Crippen molar-refractivity contribution < 1.29 is 9.72 Å². The van der Waals surface area contributed by atoms with E-state index >= 15 is 0 Å². The highest BCUT2D eigenvalue weighted by atomic mass is 16.6. The second-order valence-electron chi connectivity index (χ2n) is 4.57. The lowest BCUT2D eigenvalue weighted by Crippen LogP contribution is -2.29. The summed E-state index contributed by atoms with van der Waals surface area (Å²) >= 11 is 0. The van der Waals surface area contributed by atoms with E-state index in [1.165, 1.54) is 12.1 Å². The molecule has 0 bridgehead atoms. The van der Waals surface area contributed by atoms with E-state index in [0.717, 1.165) is 31.4 Å². The molecule has 19 heavy (non-hydrogen) atoms. The van der Waals surface area contributed by atoms with Gasteiger partial charge < -0.3 is 4.90 Å². The number of nitrogens with zero attached hydrogens (tertiary/aromatic N) is 2. The minimum Gasteiger partial charge on any atom is -0.339 e. The molecule has 0 aromatic heterocycles. The number of carbonyl (C=O) groups is 1. The van der Waals surface area contributed by atoms with Crippen LogP contribution in [-0.2, 0) is 11.3 Å². The van der Waals surface area contributed by atoms with Gasteiger partial charge in [0.2, 0.25) is 5.91 Å². The third kappa shape index (κ3) is 5.07. The molecule has 0 unspecified atom stereocenters. The Morgan fingerprint density at radius 2 is 1.89 bits per heavy atom. The van der Waals surface area contributed by atoms with Gasteiger partial charge in [0.25, 0.3) is 5.69 Å². The summed E-state index contributed by atoms with van der Waals surface area (Å²) in [7, 11) is 0. The third-order valence-electron chi connectivity index (χ3n) is 3.00. The van der Waals surface area contributed by atoms with Crippen molar-refractivity contribution >= 4 is 11.6 Å². The first-order chi connectivity index (χ1) is 9.04. The second kappa shape index (κ2) is 7.51. The van der Waals surface area contributed by atoms with Crippen molar-refractivity contribution in [1.29, 1.82) is 0 Å². The van der Waals surface area contributed by atoms with Crippen LogP contribution in [0.25, 0.3) is 0 Å². The zero-order valence-corrected chi connectivity index (χ0v) is 11.5. The monoisotopic (exact) mass is 264 g/mol. The summed E-state index contributed by atoms with van der Waals surface area (Å²) in [5.74, 6) is 0.0365. The molecular weight excluding hydrogens is 244 g/mol. The lowest BCUT2D eigenvalue weighted by Gasteiger charge is -2.21. The van der Waals surface area contributed by atoms with Gasteiger partial charge in [0, 0.05) is 32.1 Å². The quantitative estimate of drug-likeness (QED) is 0.432. The van der Waals surface area contributed by atoms with Crippen molar-refractivity contribution in [1.82, 2.24) is 4.90 Å². The predicted molar refractivity (Wildman–Crippen MR) is 73.7 cm³/mol. The highest BCUT2D eigenvalue weighted by Crippen LogP contribution is 2.14. The number of benzene rings is 1. The Bertz CT molecular complexity index is 429. The van der Waals surface area contributed by atoms with Gasteiger partial charge in [-0.15, -0.1) is 0 Å². The van der Waals surface area contributed by atoms with E-state index in [9.17, 15) is 14.9 Å². The Morgan fingerprint density at radius 1 is 1.26 bits per heavy atom. The predicted octanol–water partition coefficient (Wildman–Crippen LogP) is 3.13. The zero-order valence-electron chi connectivity index (χ0n) is 11.5. The minimum absolute atomic E-state index is 0.0365. The number of rotatable bonds is 7. The topological polar surface area (TPSA) is 63.4 Å². The maximum absolute atomic E-state index is 11.5. The number of hydrogen-bond donors (Lipinski definition) is 0. The Labute approximate surface area is 113 Å². The summed E-state index contributed by atoms with van der Waals surface area (Å²) in [5, 5.41) is 10.6. The normalized spacial score (nSPS) is 10.2. The van der Waals surface area contributed by atoms with Crippen molar-refractivity contribution in [2.24, 2.45) is 0 Å². The van der Waals surface area contributed by atoms with Gasteiger partial charge in [0.05, 0.1) is 4.92 Å². The fourth-order valence-electron chi connectivity index (χ4n) is 1.84. The molecule has 1 aromatic rings. The number of amides is 1. The smallest absolute Gasteiger partial charge is 0.269 e. The van der Waals surface area contributed by atoms with Crippen molar-refractivity contribution in [3.8, 4) is 0 Å². The number of hydrogen-bond acceptors (Lipinski definition) is 3. The molecule has 0 saturated carbocycles. The number of unbranched alkanes of at least 4 members (excludes halogenated alkanes) is 2. The Morgan fingerprint density at radius 3 is 2.37 bits per heavy atom. The van der Waals surface area contributed by atoms with Gasteiger partial charge in [-0.3, -0.25) is 14.9 Å². The molecule has 0 spiro atoms. The van der Waals surface area contributed by atoms with Crippen LogP contribution in [0, 0.1) is 10.1 Å². The third-order valence-corrected chi connectivity index (χ3v) is 3.00. The zero-order chi connectivity index (χ0) is 14.3. The molecule has 0 aliphatic carbocycles. The van der Waals surface area contributed by atoms with Crippen LogP contribution in [0.5, 0.6) is 0 Å². The largest absolute Gasteiger partial charge is 0.339 e. The number of carbonyl (C=O) groups excluding carboxylic acids is 1. The molecule has 0 aliphatic rings. The van der Waals surface area contributed by atoms with E-state index in [0.29, 0.717) is 6.54 Å². The van der Waals surface area contributed by atoms with E-state index < -0.39 is 4.92 Å². The summed E-state index contributed by atoms with van der Waals surface area (Å²) in [6, 6.07) is 6.35. The summed E-state index contributed by atoms with van der Waals surface area (Å²) in [5.41, 5.74) is 0.987. The molecule has 0 fully saturated rings. The molecular formula is C14H20N2O3. The van der Waals surface area contributed by atoms with Gasteiger partial charge in [-0.25, -0.2) is 0 Å². The number of nitro groups is 1. The molecule has 0 N–H and O–H groups in total. The summed E-state index contributed by atoms with van der Waals surface area (Å²) in [4.78, 5) is 23.4. The van der Waals surface area contributed by atoms with Crippen molar-refractivity contribution in [3.63, 3.8) is 0 Å². The first kappa shape index (κ1) is 15.1. The minimum atomic E-state index is -0.423. The van der Waals surface area contributed by atoms with Crippen molar-refractivity contribution in [2.45, 2.75) is 39.7 Å². The summed E-state index contributed by atoms with van der Waals surface area (Å²) < 4.78 is 0. The van der Waals surface area contributed by atoms with Gasteiger partial charge in [-0.1, -0.05) is 31.9 Å². The van der Waals surface area contributed by atoms with Crippen LogP contribution in [0.3, 0.4) is 0 Å². The van der Waals surface area contributed by atoms with E-state index in [-0.39, 0.29) is 11.6 Å². The Hall–Kier alpha value is -1.91. The molecule has 0 saturated heterocycles. The average Bonchev–Trinajstić information content (AvgIpc) is 2.38. The second-order valence-corrected chi connectivity index (χ2v) is 4.57. The lowest BCUT2D eigenvalue weighted by atomic mass is 10.1. The van der Waals surface area contributed by atoms with Gasteiger partial charge >= 0.3 is 0 Å². The van der Waals surface area contributed by atoms with E-state index in [4.69, 9.17) is 0 Å². The molecule has 104 valence electrons. The van der Waals surface area contributed by atoms with E-state index in [2.05, 4.69) is 6.92 Å². The Balaban J connectivity index is 2.63. The van der Waals surface area contributed by atoms with Crippen LogP contribution in [-0.4, -0.2) is 22.3 Å². The molecule has 0 aliphatic heterocycles. The molecule has 0 radical (unpaired) electrons. The Kier molecular flexibility index (Phi) is 5.99. The number of nitro benzene ring substituents is 1. The first-order valence-electron chi connectivity index (χ1n) is 6.53. The maximum atomic E-state index is 11.5. The molecule has 5 nitrogen and oxygen atoms in total. The van der Waals surface area contributed by atoms with Gasteiger partial charge in [0.1, 0.15) is 0 Å². The maximum Gasteiger partial charge on any atom is 0.269 e. The molecule has 0 atom stereocenters. The van der Waals surface area contributed by atoms with Gasteiger partial charge in [0.15, 0.2) is 0 Å². The molecule has 1 amide bonds. The van der Waals surface area contributed by atoms with E-state index in [1.807, 2.05) is 0 Å². The van der Waals surface area contributed by atoms with Crippen molar-refractivity contribution in [2.75, 3.05) is 6.54 Å². The first-order valence-corrected chi connectivity index (χ1v) is 6.53. The summed E-state index contributed by atoms with van der Waals surface area (Å²) in [6.45, 7) is 4.92. The highest BCUT2D eigenvalue weighted by molar-refractivity contribution is 5.73. The van der Waals surface area contributed by atoms with Crippen LogP contribution in [0.2, 0.25) is 0 Å². The highest BCUT2D eigenvalue weighted by Gasteiger charge is 2.10. The van der Waals surface area contributed by atoms with Crippen LogP contribution >= 0.6 is 0 Å². The average molecular weight is 264 g/mol. The molecule has 1 rings (SSSR count). The fraction of sp³-hybridized carbons (Fsp3) is 0.500. The van der Waals surface area contributed by atoms with Crippen molar-refractivity contribution in [3.05, 3.63) is 39.9 Å². The lowest BCUT2D eigenvalue weighted by molar-refractivity contribution is -0.384. The standard InChI is InChI=1S/C14H20N2O3/c1-3-4-5-10-15(12(2)17)11-13-6-8-14(9-7-13)16(18)19/h6-9H,3-5,10-11H2,1-2H3.